The van der Waals surface area contributed by atoms with Gasteiger partial charge in [0.1, 0.15) is 0 Å². The highest BCUT2D eigenvalue weighted by Crippen LogP contribution is 2.57. The van der Waals surface area contributed by atoms with Crippen LogP contribution in [-0.2, 0) is 0 Å². The molecule has 100 valence electrons. The minimum absolute atomic E-state index is 0.373. The van der Waals surface area contributed by atoms with Crippen molar-refractivity contribution in [2.24, 2.45) is 5.41 Å². The molecule has 2 aliphatic carbocycles. The van der Waals surface area contributed by atoms with Gasteiger partial charge in [0.05, 0.1) is 5.92 Å². The smallest absolute Gasteiger partial charge is 0.231 e. The Balaban J connectivity index is 1.73. The van der Waals surface area contributed by atoms with Crippen molar-refractivity contribution in [1.29, 1.82) is 0 Å². The molecule has 0 radical (unpaired) electrons. The molecule has 1 aromatic heterocycles. The number of hydrogen-bond donors (Lipinski definition) is 1. The first-order chi connectivity index (χ1) is 8.62. The van der Waals surface area contributed by atoms with Gasteiger partial charge in [0.2, 0.25) is 5.89 Å². The molecular weight excluding hydrogens is 226 g/mol. The van der Waals surface area contributed by atoms with E-state index in [1.54, 1.807) is 0 Å². The van der Waals surface area contributed by atoms with Gasteiger partial charge < -0.3 is 9.84 Å². The molecule has 0 aliphatic heterocycles. The van der Waals surface area contributed by atoms with E-state index in [1.807, 2.05) is 0 Å². The summed E-state index contributed by atoms with van der Waals surface area (Å²) >= 11 is 0. The first-order valence-electron chi connectivity index (χ1n) is 7.18. The number of nitrogens with one attached hydrogen (secondary N) is 1. The second-order valence-corrected chi connectivity index (χ2v) is 6.44. The number of nitrogens with zero attached hydrogens (tertiary/aromatic N) is 2. The van der Waals surface area contributed by atoms with Crippen LogP contribution in [0, 0.1) is 5.41 Å². The van der Waals surface area contributed by atoms with Gasteiger partial charge in [-0.2, -0.15) is 4.98 Å². The molecule has 0 amide bonds. The van der Waals surface area contributed by atoms with Crippen molar-refractivity contribution < 1.29 is 4.52 Å². The van der Waals surface area contributed by atoms with E-state index >= 15 is 0 Å². The van der Waals surface area contributed by atoms with Crippen LogP contribution in [0.2, 0.25) is 0 Å². The molecule has 4 nitrogen and oxygen atoms in total. The monoisotopic (exact) mass is 249 g/mol. The third-order valence-corrected chi connectivity index (χ3v) is 4.58. The Kier molecular flexibility index (Phi) is 2.93. The molecule has 3 rings (SSSR count). The average molecular weight is 249 g/mol. The third-order valence-electron chi connectivity index (χ3n) is 4.58. The van der Waals surface area contributed by atoms with Gasteiger partial charge in [-0.3, -0.25) is 0 Å². The summed E-state index contributed by atoms with van der Waals surface area (Å²) < 4.78 is 5.52. The van der Waals surface area contributed by atoms with Crippen molar-refractivity contribution in [2.45, 2.75) is 64.3 Å². The van der Waals surface area contributed by atoms with Crippen LogP contribution in [0.25, 0.3) is 0 Å². The Morgan fingerprint density at radius 2 is 2.17 bits per heavy atom. The summed E-state index contributed by atoms with van der Waals surface area (Å²) in [5.74, 6) is 2.72. The fourth-order valence-corrected chi connectivity index (χ4v) is 3.21. The van der Waals surface area contributed by atoms with E-state index in [4.69, 9.17) is 4.52 Å². The summed E-state index contributed by atoms with van der Waals surface area (Å²) in [6.07, 6.45) is 4.85. The molecular formula is C14H23N3O. The zero-order valence-electron chi connectivity index (χ0n) is 11.6. The summed E-state index contributed by atoms with van der Waals surface area (Å²) in [7, 11) is 0. The van der Waals surface area contributed by atoms with Crippen molar-refractivity contribution in [2.75, 3.05) is 6.54 Å². The van der Waals surface area contributed by atoms with Crippen molar-refractivity contribution in [3.05, 3.63) is 11.7 Å². The van der Waals surface area contributed by atoms with E-state index < -0.39 is 0 Å². The van der Waals surface area contributed by atoms with E-state index in [9.17, 15) is 0 Å². The highest BCUT2D eigenvalue weighted by Gasteiger charge is 2.49. The second-order valence-electron chi connectivity index (χ2n) is 6.44. The van der Waals surface area contributed by atoms with Crippen molar-refractivity contribution in [3.8, 4) is 0 Å². The van der Waals surface area contributed by atoms with Crippen LogP contribution in [0.5, 0.6) is 0 Å². The van der Waals surface area contributed by atoms with Gasteiger partial charge in [-0.1, -0.05) is 32.3 Å². The van der Waals surface area contributed by atoms with Gasteiger partial charge in [-0.25, -0.2) is 0 Å². The van der Waals surface area contributed by atoms with E-state index in [2.05, 4.69) is 36.2 Å². The van der Waals surface area contributed by atoms with Crippen LogP contribution >= 0.6 is 0 Å². The Morgan fingerprint density at radius 3 is 2.83 bits per heavy atom. The predicted molar refractivity (Wildman–Crippen MR) is 69.5 cm³/mol. The minimum Gasteiger partial charge on any atom is -0.339 e. The van der Waals surface area contributed by atoms with Crippen molar-refractivity contribution in [3.63, 3.8) is 0 Å². The molecule has 1 aromatic rings. The number of aromatic nitrogens is 2. The lowest BCUT2D eigenvalue weighted by Gasteiger charge is -2.16. The topological polar surface area (TPSA) is 51.0 Å². The first-order valence-corrected chi connectivity index (χ1v) is 7.18. The van der Waals surface area contributed by atoms with Gasteiger partial charge in [0, 0.05) is 12.0 Å². The van der Waals surface area contributed by atoms with Crippen LogP contribution in [0.3, 0.4) is 0 Å². The zero-order valence-corrected chi connectivity index (χ0v) is 11.6. The molecule has 4 heteroatoms. The molecule has 1 N–H and O–H groups in total. The molecule has 2 saturated carbocycles. The predicted octanol–water partition coefficient (Wildman–Crippen LogP) is 2.83. The fourth-order valence-electron chi connectivity index (χ4n) is 3.21. The van der Waals surface area contributed by atoms with Gasteiger partial charge in [0.15, 0.2) is 5.82 Å². The van der Waals surface area contributed by atoms with Crippen LogP contribution in [-0.4, -0.2) is 22.7 Å². The largest absolute Gasteiger partial charge is 0.339 e. The van der Waals surface area contributed by atoms with E-state index in [0.29, 0.717) is 23.3 Å². The third kappa shape index (κ3) is 2.07. The maximum absolute atomic E-state index is 5.52. The molecule has 0 bridgehead atoms. The van der Waals surface area contributed by atoms with Crippen molar-refractivity contribution in [1.82, 2.24) is 15.5 Å². The van der Waals surface area contributed by atoms with Gasteiger partial charge >= 0.3 is 0 Å². The van der Waals surface area contributed by atoms with Crippen molar-refractivity contribution >= 4 is 0 Å². The molecule has 0 spiro atoms. The number of likely N-dealkylation sites (N-methyl/N-ethyl adjacent to an activating group) is 1. The van der Waals surface area contributed by atoms with Crippen LogP contribution in [0.4, 0.5) is 0 Å². The number of rotatable bonds is 4. The Morgan fingerprint density at radius 1 is 1.39 bits per heavy atom. The lowest BCUT2D eigenvalue weighted by Crippen LogP contribution is -2.31. The maximum atomic E-state index is 5.52. The van der Waals surface area contributed by atoms with E-state index in [1.165, 1.54) is 25.7 Å². The summed E-state index contributed by atoms with van der Waals surface area (Å²) in [6, 6.07) is 0.524. The minimum atomic E-state index is 0.373. The van der Waals surface area contributed by atoms with Gasteiger partial charge in [-0.15, -0.1) is 0 Å². The summed E-state index contributed by atoms with van der Waals surface area (Å²) in [6.45, 7) is 7.70. The molecule has 2 aliphatic rings. The Hall–Kier alpha value is -0.900. The van der Waals surface area contributed by atoms with E-state index in [0.717, 1.165) is 18.3 Å². The SMILES string of the molecule is CCNC1CCCC1c1nc(C2CC2(C)C)no1. The lowest BCUT2D eigenvalue weighted by molar-refractivity contribution is 0.328. The lowest BCUT2D eigenvalue weighted by atomic mass is 10.0. The normalized spacial score (nSPS) is 33.8. The van der Waals surface area contributed by atoms with E-state index in [-0.39, 0.29) is 0 Å². The Bertz CT molecular complexity index is 426. The summed E-state index contributed by atoms with van der Waals surface area (Å²) in [4.78, 5) is 4.66. The molecule has 0 aromatic carbocycles. The fraction of sp³-hybridized carbons (Fsp3) is 0.857. The standard InChI is InChI=1S/C14H23N3O/c1-4-15-11-7-5-6-9(11)13-16-12(17-18-13)10-8-14(10,2)3/h9-11,15H,4-8H2,1-3H3. The highest BCUT2D eigenvalue weighted by molar-refractivity contribution is 5.15. The van der Waals surface area contributed by atoms with Crippen LogP contribution in [0.15, 0.2) is 4.52 Å². The summed E-state index contributed by atoms with van der Waals surface area (Å²) in [5, 5.41) is 7.73. The number of hydrogen-bond acceptors (Lipinski definition) is 4. The summed E-state index contributed by atoms with van der Waals surface area (Å²) in [5.41, 5.74) is 0.373. The van der Waals surface area contributed by atoms with Crippen LogP contribution < -0.4 is 5.32 Å². The van der Waals surface area contributed by atoms with Crippen LogP contribution in [0.1, 0.15) is 70.0 Å². The molecule has 3 unspecified atom stereocenters. The average Bonchev–Trinajstić information content (AvgIpc) is 2.78. The quantitative estimate of drug-likeness (QED) is 0.891. The molecule has 0 saturated heterocycles. The zero-order chi connectivity index (χ0) is 12.8. The molecule has 2 fully saturated rings. The van der Waals surface area contributed by atoms with Gasteiger partial charge in [-0.05, 0) is 31.2 Å². The first kappa shape index (κ1) is 12.2. The molecule has 1 heterocycles. The highest BCUT2D eigenvalue weighted by atomic mass is 16.5. The second kappa shape index (κ2) is 4.34. The molecule has 3 atom stereocenters. The molecule has 18 heavy (non-hydrogen) atoms. The Labute approximate surface area is 109 Å². The van der Waals surface area contributed by atoms with Gasteiger partial charge in [0.25, 0.3) is 0 Å². The maximum Gasteiger partial charge on any atom is 0.231 e.